The lowest BCUT2D eigenvalue weighted by atomic mass is 10.2. The molecule has 0 saturated carbocycles. The number of thiol groups is 1. The summed E-state index contributed by atoms with van der Waals surface area (Å²) in [5.41, 5.74) is 0.686. The molecule has 0 N–H and O–H groups in total. The lowest BCUT2D eigenvalue weighted by Gasteiger charge is -1.94. The molecule has 0 aromatic carbocycles. The van der Waals surface area contributed by atoms with Crippen LogP contribution in [0.15, 0.2) is 18.3 Å². The molecule has 0 fully saturated rings. The number of rotatable bonds is 2. The van der Waals surface area contributed by atoms with Gasteiger partial charge in [0.2, 0.25) is 0 Å². The van der Waals surface area contributed by atoms with Crippen LogP contribution < -0.4 is 0 Å². The van der Waals surface area contributed by atoms with Crippen LogP contribution in [0.3, 0.4) is 0 Å². The molecule has 1 nitrogen and oxygen atoms in total. The molecule has 1 rings (SSSR count). The molecule has 4 heteroatoms. The third kappa shape index (κ3) is 2.50. The molecule has 0 bridgehead atoms. The van der Waals surface area contributed by atoms with E-state index < -0.39 is 5.82 Å². The van der Waals surface area contributed by atoms with Crippen LogP contribution in [0.1, 0.15) is 5.56 Å². The Hall–Kier alpha value is -0.540. The second-order valence-corrected chi connectivity index (χ2v) is 2.85. The monoisotopic (exact) mass is 203 g/mol. The zero-order chi connectivity index (χ0) is 8.97. The maximum atomic E-state index is 12.8. The highest BCUT2D eigenvalue weighted by molar-refractivity contribution is 7.80. The van der Waals surface area contributed by atoms with Gasteiger partial charge < -0.3 is 0 Å². The number of aromatic nitrogens is 1. The third-order valence-corrected chi connectivity index (χ3v) is 1.72. The summed E-state index contributed by atoms with van der Waals surface area (Å²) in [6.45, 7) is 0. The van der Waals surface area contributed by atoms with Crippen molar-refractivity contribution >= 4 is 30.3 Å². The van der Waals surface area contributed by atoms with Crippen molar-refractivity contribution < 1.29 is 4.39 Å². The Balaban J connectivity index is 2.89. The molecule has 0 aliphatic carbocycles. The summed E-state index contributed by atoms with van der Waals surface area (Å²) in [6.07, 6.45) is 5.04. The standard InChI is InChI=1S/C8H7ClFNS/c9-8-7(10)4-6(5-11-8)2-1-3-12/h1-2,4-5,12H,3H2. The molecule has 1 heterocycles. The normalized spacial score (nSPS) is 10.9. The summed E-state index contributed by atoms with van der Waals surface area (Å²) in [7, 11) is 0. The van der Waals surface area contributed by atoms with Crippen LogP contribution in [0.5, 0.6) is 0 Å². The fourth-order valence-corrected chi connectivity index (χ4v) is 0.925. The van der Waals surface area contributed by atoms with Crippen LogP contribution in [0.25, 0.3) is 6.08 Å². The van der Waals surface area contributed by atoms with Crippen molar-refractivity contribution in [1.29, 1.82) is 0 Å². The average molecular weight is 204 g/mol. The van der Waals surface area contributed by atoms with Gasteiger partial charge in [0.05, 0.1) is 0 Å². The minimum atomic E-state index is -0.502. The van der Waals surface area contributed by atoms with Crippen molar-refractivity contribution in [2.24, 2.45) is 0 Å². The Morgan fingerprint density at radius 2 is 2.42 bits per heavy atom. The van der Waals surface area contributed by atoms with E-state index in [-0.39, 0.29) is 5.15 Å². The van der Waals surface area contributed by atoms with Gasteiger partial charge in [0.1, 0.15) is 0 Å². The summed E-state index contributed by atoms with van der Waals surface area (Å²) in [5.74, 6) is 0.113. The lowest BCUT2D eigenvalue weighted by molar-refractivity contribution is 0.621. The number of pyridine rings is 1. The summed E-state index contributed by atoms with van der Waals surface area (Å²) in [6, 6.07) is 1.33. The first-order chi connectivity index (χ1) is 5.74. The molecule has 64 valence electrons. The predicted octanol–water partition coefficient (Wildman–Crippen LogP) is 2.82. The average Bonchev–Trinajstić information content (AvgIpc) is 2.07. The van der Waals surface area contributed by atoms with Gasteiger partial charge in [-0.3, -0.25) is 0 Å². The van der Waals surface area contributed by atoms with Crippen LogP contribution in [0.2, 0.25) is 5.15 Å². The predicted molar refractivity (Wildman–Crippen MR) is 52.1 cm³/mol. The van der Waals surface area contributed by atoms with Gasteiger partial charge in [0, 0.05) is 11.9 Å². The van der Waals surface area contributed by atoms with Crippen molar-refractivity contribution in [2.75, 3.05) is 5.75 Å². The Bertz CT molecular complexity index is 301. The lowest BCUT2D eigenvalue weighted by Crippen LogP contribution is -1.83. The molecule has 1 aromatic rings. The van der Waals surface area contributed by atoms with Crippen molar-refractivity contribution in [3.8, 4) is 0 Å². The van der Waals surface area contributed by atoms with Gasteiger partial charge >= 0.3 is 0 Å². The van der Waals surface area contributed by atoms with Gasteiger partial charge in [-0.15, -0.1) is 0 Å². The minimum Gasteiger partial charge on any atom is -0.241 e. The Kier molecular flexibility index (Phi) is 3.56. The molecule has 0 radical (unpaired) electrons. The topological polar surface area (TPSA) is 12.9 Å². The molecule has 0 spiro atoms. The van der Waals surface area contributed by atoms with E-state index in [0.717, 1.165) is 0 Å². The van der Waals surface area contributed by atoms with Gasteiger partial charge in [-0.2, -0.15) is 12.6 Å². The number of nitrogens with zero attached hydrogens (tertiary/aromatic N) is 1. The Morgan fingerprint density at radius 1 is 1.67 bits per heavy atom. The van der Waals surface area contributed by atoms with Crippen LogP contribution in [-0.2, 0) is 0 Å². The largest absolute Gasteiger partial charge is 0.241 e. The molecule has 0 amide bonds. The summed E-state index contributed by atoms with van der Waals surface area (Å²) in [5, 5.41) is -0.0991. The Labute approximate surface area is 80.7 Å². The van der Waals surface area contributed by atoms with E-state index in [9.17, 15) is 4.39 Å². The number of hydrogen-bond donors (Lipinski definition) is 1. The van der Waals surface area contributed by atoms with E-state index in [1.807, 2.05) is 0 Å². The highest BCUT2D eigenvalue weighted by Crippen LogP contribution is 2.12. The molecule has 12 heavy (non-hydrogen) atoms. The fraction of sp³-hybridized carbons (Fsp3) is 0.125. The second kappa shape index (κ2) is 4.48. The summed E-state index contributed by atoms with van der Waals surface area (Å²) >= 11 is 9.36. The molecule has 0 aliphatic rings. The quantitative estimate of drug-likeness (QED) is 0.576. The molecular weight excluding hydrogens is 197 g/mol. The van der Waals surface area contributed by atoms with Crippen LogP contribution in [0.4, 0.5) is 4.39 Å². The van der Waals surface area contributed by atoms with E-state index in [1.54, 1.807) is 12.2 Å². The third-order valence-electron chi connectivity index (χ3n) is 1.23. The Morgan fingerprint density at radius 3 is 3.00 bits per heavy atom. The molecule has 0 unspecified atom stereocenters. The molecular formula is C8H7ClFNS. The number of halogens is 2. The van der Waals surface area contributed by atoms with Crippen molar-refractivity contribution in [2.45, 2.75) is 0 Å². The number of hydrogen-bond acceptors (Lipinski definition) is 2. The van der Waals surface area contributed by atoms with Crippen molar-refractivity contribution in [1.82, 2.24) is 4.98 Å². The van der Waals surface area contributed by atoms with Gasteiger partial charge in [0.15, 0.2) is 11.0 Å². The van der Waals surface area contributed by atoms with Crippen molar-refractivity contribution in [3.05, 3.63) is 34.9 Å². The maximum Gasteiger partial charge on any atom is 0.164 e. The zero-order valence-corrected chi connectivity index (χ0v) is 7.82. The molecule has 0 atom stereocenters. The van der Waals surface area contributed by atoms with Gasteiger partial charge in [-0.25, -0.2) is 9.37 Å². The van der Waals surface area contributed by atoms with Gasteiger partial charge in [0.25, 0.3) is 0 Å². The van der Waals surface area contributed by atoms with E-state index in [0.29, 0.717) is 11.3 Å². The summed E-state index contributed by atoms with van der Waals surface area (Å²) in [4.78, 5) is 3.65. The molecule has 0 aliphatic heterocycles. The van der Waals surface area contributed by atoms with E-state index in [2.05, 4.69) is 17.6 Å². The van der Waals surface area contributed by atoms with E-state index in [1.165, 1.54) is 12.3 Å². The van der Waals surface area contributed by atoms with E-state index in [4.69, 9.17) is 11.6 Å². The fourth-order valence-electron chi connectivity index (χ4n) is 0.716. The first kappa shape index (κ1) is 9.55. The van der Waals surface area contributed by atoms with Crippen LogP contribution >= 0.6 is 24.2 Å². The van der Waals surface area contributed by atoms with E-state index >= 15 is 0 Å². The molecule has 1 aromatic heterocycles. The van der Waals surface area contributed by atoms with Gasteiger partial charge in [-0.05, 0) is 11.6 Å². The molecule has 0 saturated heterocycles. The minimum absolute atomic E-state index is 0.0991. The van der Waals surface area contributed by atoms with Crippen molar-refractivity contribution in [3.63, 3.8) is 0 Å². The summed E-state index contributed by atoms with van der Waals surface area (Å²) < 4.78 is 12.8. The highest BCUT2D eigenvalue weighted by atomic mass is 35.5. The maximum absolute atomic E-state index is 12.8. The zero-order valence-electron chi connectivity index (χ0n) is 6.17. The SMILES string of the molecule is Fc1cc(C=CCS)cnc1Cl. The smallest absolute Gasteiger partial charge is 0.164 e. The first-order valence-electron chi connectivity index (χ1n) is 3.32. The second-order valence-electron chi connectivity index (χ2n) is 2.13. The first-order valence-corrected chi connectivity index (χ1v) is 4.33. The highest BCUT2D eigenvalue weighted by Gasteiger charge is 1.99. The van der Waals surface area contributed by atoms with Crippen LogP contribution in [-0.4, -0.2) is 10.7 Å². The van der Waals surface area contributed by atoms with Crippen LogP contribution in [0, 0.1) is 5.82 Å². The van der Waals surface area contributed by atoms with Gasteiger partial charge in [-0.1, -0.05) is 23.8 Å².